The first-order valence-electron chi connectivity index (χ1n) is 7.05. The van der Waals surface area contributed by atoms with Crippen molar-refractivity contribution < 1.29 is 14.3 Å². The summed E-state index contributed by atoms with van der Waals surface area (Å²) < 4.78 is 13.6. The average molecular weight is 280 g/mol. The van der Waals surface area contributed by atoms with Crippen LogP contribution >= 0.6 is 0 Å². The Bertz CT molecular complexity index is 453. The van der Waals surface area contributed by atoms with Gasteiger partial charge in [-0.1, -0.05) is 18.2 Å². The molecule has 2 rings (SSSR count). The smallest absolute Gasteiger partial charge is 0.304 e. The van der Waals surface area contributed by atoms with E-state index in [1.807, 2.05) is 12.1 Å². The van der Waals surface area contributed by atoms with Gasteiger partial charge in [-0.15, -0.1) is 0 Å². The van der Waals surface area contributed by atoms with Crippen LogP contribution in [-0.4, -0.2) is 53.6 Å². The van der Waals surface area contributed by atoms with Gasteiger partial charge in [0.25, 0.3) is 0 Å². The van der Waals surface area contributed by atoms with Crippen LogP contribution in [0.5, 0.6) is 0 Å². The Morgan fingerprint density at radius 2 is 1.85 bits per heavy atom. The molecule has 0 aromatic heterocycles. The predicted molar refractivity (Wildman–Crippen MR) is 75.0 cm³/mol. The molecule has 0 aliphatic carbocycles. The van der Waals surface area contributed by atoms with Gasteiger partial charge >= 0.3 is 5.97 Å². The predicted octanol–water partition coefficient (Wildman–Crippen LogP) is 1.81. The van der Waals surface area contributed by atoms with E-state index in [1.54, 1.807) is 6.07 Å². The maximum Gasteiger partial charge on any atom is 0.304 e. The molecule has 0 radical (unpaired) electrons. The normalized spacial score (nSPS) is 17.9. The minimum Gasteiger partial charge on any atom is -0.481 e. The van der Waals surface area contributed by atoms with Crippen molar-refractivity contribution in [2.75, 3.05) is 32.7 Å². The molecule has 0 atom stereocenters. The highest BCUT2D eigenvalue weighted by Crippen LogP contribution is 2.12. The molecule has 1 saturated heterocycles. The number of hydrogen-bond donors (Lipinski definition) is 1. The summed E-state index contributed by atoms with van der Waals surface area (Å²) in [6.45, 7) is 4.77. The standard InChI is InChI=1S/C15H21FN2O2/c16-14-5-2-1-4-13(14)12-18-8-3-7-17(10-11-18)9-6-15(19)20/h1-2,4-5H,3,6-12H2,(H,19,20). The molecule has 0 unspecified atom stereocenters. The van der Waals surface area contributed by atoms with Crippen LogP contribution in [0, 0.1) is 5.82 Å². The molecule has 1 heterocycles. The number of hydrogen-bond acceptors (Lipinski definition) is 3. The van der Waals surface area contributed by atoms with Gasteiger partial charge in [-0.25, -0.2) is 4.39 Å². The fraction of sp³-hybridized carbons (Fsp3) is 0.533. The molecule has 1 aliphatic rings. The number of carboxylic acids is 1. The quantitative estimate of drug-likeness (QED) is 0.893. The van der Waals surface area contributed by atoms with Crippen molar-refractivity contribution in [1.82, 2.24) is 9.80 Å². The molecule has 0 amide bonds. The Labute approximate surface area is 118 Å². The molecule has 1 aromatic carbocycles. The van der Waals surface area contributed by atoms with Crippen LogP contribution in [-0.2, 0) is 11.3 Å². The zero-order chi connectivity index (χ0) is 14.4. The maximum absolute atomic E-state index is 13.6. The number of aliphatic carboxylic acids is 1. The number of carboxylic acid groups (broad SMARTS) is 1. The first-order valence-corrected chi connectivity index (χ1v) is 7.05. The summed E-state index contributed by atoms with van der Waals surface area (Å²) in [5.41, 5.74) is 0.728. The highest BCUT2D eigenvalue weighted by Gasteiger charge is 2.16. The Hall–Kier alpha value is -1.46. The number of halogens is 1. The summed E-state index contributed by atoms with van der Waals surface area (Å²) in [6.07, 6.45) is 1.18. The molecule has 1 N–H and O–H groups in total. The summed E-state index contributed by atoms with van der Waals surface area (Å²) in [4.78, 5) is 15.0. The van der Waals surface area contributed by atoms with E-state index in [2.05, 4.69) is 9.80 Å². The second kappa shape index (κ2) is 7.36. The van der Waals surface area contributed by atoms with Gasteiger partial charge in [0.1, 0.15) is 5.82 Å². The molecule has 1 aromatic rings. The summed E-state index contributed by atoms with van der Waals surface area (Å²) in [5, 5.41) is 8.71. The van der Waals surface area contributed by atoms with Crippen LogP contribution in [0.15, 0.2) is 24.3 Å². The molecule has 20 heavy (non-hydrogen) atoms. The van der Waals surface area contributed by atoms with Crippen LogP contribution in [0.25, 0.3) is 0 Å². The largest absolute Gasteiger partial charge is 0.481 e. The topological polar surface area (TPSA) is 43.8 Å². The van der Waals surface area contributed by atoms with Crippen LogP contribution in [0.2, 0.25) is 0 Å². The summed E-state index contributed by atoms with van der Waals surface area (Å²) in [5.74, 6) is -0.906. The van der Waals surface area contributed by atoms with Crippen molar-refractivity contribution in [3.8, 4) is 0 Å². The van der Waals surface area contributed by atoms with Gasteiger partial charge in [-0.2, -0.15) is 0 Å². The molecular formula is C15H21FN2O2. The lowest BCUT2D eigenvalue weighted by molar-refractivity contribution is -0.137. The van der Waals surface area contributed by atoms with E-state index in [-0.39, 0.29) is 12.2 Å². The van der Waals surface area contributed by atoms with Crippen LogP contribution < -0.4 is 0 Å². The number of nitrogens with zero attached hydrogens (tertiary/aromatic N) is 2. The van der Waals surface area contributed by atoms with Crippen LogP contribution in [0.3, 0.4) is 0 Å². The lowest BCUT2D eigenvalue weighted by Crippen LogP contribution is -2.32. The first-order chi connectivity index (χ1) is 9.65. The van der Waals surface area contributed by atoms with E-state index in [0.29, 0.717) is 13.1 Å². The zero-order valence-corrected chi connectivity index (χ0v) is 11.6. The van der Waals surface area contributed by atoms with Gasteiger partial charge in [-0.3, -0.25) is 9.69 Å². The molecule has 5 heteroatoms. The van der Waals surface area contributed by atoms with Crippen LogP contribution in [0.4, 0.5) is 4.39 Å². The fourth-order valence-electron chi connectivity index (χ4n) is 2.53. The van der Waals surface area contributed by atoms with Crippen molar-refractivity contribution in [2.24, 2.45) is 0 Å². The average Bonchev–Trinajstić information content (AvgIpc) is 2.64. The monoisotopic (exact) mass is 280 g/mol. The maximum atomic E-state index is 13.6. The Morgan fingerprint density at radius 1 is 1.15 bits per heavy atom. The molecule has 1 aliphatic heterocycles. The first kappa shape index (κ1) is 14.9. The second-order valence-corrected chi connectivity index (χ2v) is 5.21. The summed E-state index contributed by atoms with van der Waals surface area (Å²) in [7, 11) is 0. The minimum atomic E-state index is -0.752. The highest BCUT2D eigenvalue weighted by atomic mass is 19.1. The molecular weight excluding hydrogens is 259 g/mol. The second-order valence-electron chi connectivity index (χ2n) is 5.21. The third kappa shape index (κ3) is 4.58. The van der Waals surface area contributed by atoms with E-state index in [1.165, 1.54) is 6.07 Å². The van der Waals surface area contributed by atoms with Gasteiger partial charge in [0, 0.05) is 31.7 Å². The molecule has 0 spiro atoms. The SMILES string of the molecule is O=C(O)CCN1CCCN(Cc2ccccc2F)CC1. The molecule has 0 bridgehead atoms. The Morgan fingerprint density at radius 3 is 2.60 bits per heavy atom. The fourth-order valence-corrected chi connectivity index (χ4v) is 2.53. The zero-order valence-electron chi connectivity index (χ0n) is 11.6. The van der Waals surface area contributed by atoms with Crippen molar-refractivity contribution in [3.05, 3.63) is 35.6 Å². The number of benzene rings is 1. The van der Waals surface area contributed by atoms with Crippen LogP contribution in [0.1, 0.15) is 18.4 Å². The summed E-state index contributed by atoms with van der Waals surface area (Å²) in [6, 6.07) is 6.87. The Balaban J connectivity index is 1.83. The van der Waals surface area contributed by atoms with Crippen molar-refractivity contribution in [3.63, 3.8) is 0 Å². The van der Waals surface area contributed by atoms with Gasteiger partial charge in [-0.05, 0) is 25.6 Å². The highest BCUT2D eigenvalue weighted by molar-refractivity contribution is 5.66. The molecule has 1 fully saturated rings. The molecule has 110 valence electrons. The summed E-state index contributed by atoms with van der Waals surface area (Å²) >= 11 is 0. The van der Waals surface area contributed by atoms with Gasteiger partial charge < -0.3 is 10.0 Å². The van der Waals surface area contributed by atoms with Crippen molar-refractivity contribution in [1.29, 1.82) is 0 Å². The minimum absolute atomic E-state index is 0.153. The Kier molecular flexibility index (Phi) is 5.49. The lowest BCUT2D eigenvalue weighted by atomic mass is 10.2. The molecule has 0 saturated carbocycles. The lowest BCUT2D eigenvalue weighted by Gasteiger charge is -2.21. The van der Waals surface area contributed by atoms with E-state index >= 15 is 0 Å². The van der Waals surface area contributed by atoms with E-state index < -0.39 is 5.97 Å². The van der Waals surface area contributed by atoms with Gasteiger partial charge in [0.15, 0.2) is 0 Å². The number of rotatable bonds is 5. The van der Waals surface area contributed by atoms with E-state index in [9.17, 15) is 9.18 Å². The van der Waals surface area contributed by atoms with E-state index in [0.717, 1.165) is 38.2 Å². The molecule has 4 nitrogen and oxygen atoms in total. The van der Waals surface area contributed by atoms with Gasteiger partial charge in [0.05, 0.1) is 6.42 Å². The van der Waals surface area contributed by atoms with Crippen molar-refractivity contribution >= 4 is 5.97 Å². The van der Waals surface area contributed by atoms with E-state index in [4.69, 9.17) is 5.11 Å². The van der Waals surface area contributed by atoms with Crippen molar-refractivity contribution in [2.45, 2.75) is 19.4 Å². The third-order valence-corrected chi connectivity index (χ3v) is 3.67. The van der Waals surface area contributed by atoms with Gasteiger partial charge in [0.2, 0.25) is 0 Å². The number of carbonyl (C=O) groups is 1. The third-order valence-electron chi connectivity index (χ3n) is 3.67.